The summed E-state index contributed by atoms with van der Waals surface area (Å²) in [6.07, 6.45) is 0.918. The molecule has 9 heteroatoms. The molecule has 0 aromatic heterocycles. The van der Waals surface area contributed by atoms with Gasteiger partial charge in [-0.1, -0.05) is 23.7 Å². The van der Waals surface area contributed by atoms with E-state index in [-0.39, 0.29) is 31.2 Å². The number of hydrogen-bond acceptors (Lipinski definition) is 5. The van der Waals surface area contributed by atoms with Crippen molar-refractivity contribution < 1.29 is 23.9 Å². The Morgan fingerprint density at radius 1 is 1.09 bits per heavy atom. The number of carbonyl (C=O) groups excluding carboxylic acids is 3. The Bertz CT molecular complexity index is 934. The van der Waals surface area contributed by atoms with Crippen LogP contribution < -0.4 is 20.1 Å². The molecule has 1 aliphatic rings. The molecule has 0 aliphatic carbocycles. The Labute approximate surface area is 191 Å². The van der Waals surface area contributed by atoms with E-state index in [1.54, 1.807) is 31.4 Å². The molecule has 1 aliphatic heterocycles. The Balaban J connectivity index is 1.35. The number of hydrogen-bond donors (Lipinski definition) is 2. The molecule has 0 spiro atoms. The molecular formula is C23H26ClN3O5. The second-order valence-electron chi connectivity index (χ2n) is 7.28. The fourth-order valence-electron chi connectivity index (χ4n) is 3.27. The van der Waals surface area contributed by atoms with E-state index < -0.39 is 12.1 Å². The normalized spacial score (nSPS) is 15.4. The molecule has 3 rings (SSSR count). The quantitative estimate of drug-likeness (QED) is 0.398. The van der Waals surface area contributed by atoms with Crippen molar-refractivity contribution >= 4 is 29.4 Å². The fraction of sp³-hybridized carbons (Fsp3) is 0.348. The van der Waals surface area contributed by atoms with Crippen LogP contribution in [-0.4, -0.2) is 55.6 Å². The average molecular weight is 460 g/mol. The van der Waals surface area contributed by atoms with Crippen LogP contribution in [0.3, 0.4) is 0 Å². The minimum absolute atomic E-state index is 0.129. The third kappa shape index (κ3) is 6.62. The molecule has 0 bridgehead atoms. The lowest BCUT2D eigenvalue weighted by Gasteiger charge is -2.13. The summed E-state index contributed by atoms with van der Waals surface area (Å²) in [4.78, 5) is 38.0. The highest BCUT2D eigenvalue weighted by atomic mass is 35.5. The number of ether oxygens (including phenoxy) is 2. The summed E-state index contributed by atoms with van der Waals surface area (Å²) >= 11 is 5.82. The number of imide groups is 1. The SMILES string of the molecule is COc1ccc(CCN2C(=O)N[C@@H](CCC(=O)NCCOc3ccc(Cl)cc3)C2=O)cc1. The summed E-state index contributed by atoms with van der Waals surface area (Å²) < 4.78 is 10.6. The molecule has 8 nitrogen and oxygen atoms in total. The number of halogens is 1. The molecule has 0 saturated carbocycles. The van der Waals surface area contributed by atoms with Gasteiger partial charge in [-0.05, 0) is 54.8 Å². The van der Waals surface area contributed by atoms with E-state index in [9.17, 15) is 14.4 Å². The van der Waals surface area contributed by atoms with Crippen LogP contribution in [0, 0.1) is 0 Å². The zero-order valence-electron chi connectivity index (χ0n) is 17.8. The number of nitrogens with one attached hydrogen (secondary N) is 2. The lowest BCUT2D eigenvalue weighted by molar-refractivity contribution is -0.127. The van der Waals surface area contributed by atoms with Crippen molar-refractivity contribution in [2.75, 3.05) is 26.8 Å². The Morgan fingerprint density at radius 3 is 2.47 bits per heavy atom. The number of rotatable bonds is 11. The first kappa shape index (κ1) is 23.4. The van der Waals surface area contributed by atoms with Crippen LogP contribution >= 0.6 is 11.6 Å². The summed E-state index contributed by atoms with van der Waals surface area (Å²) in [6, 6.07) is 13.3. The average Bonchev–Trinajstić information content (AvgIpc) is 3.07. The zero-order valence-corrected chi connectivity index (χ0v) is 18.6. The summed E-state index contributed by atoms with van der Waals surface area (Å²) in [5.74, 6) is 0.905. The molecule has 1 atom stereocenters. The Morgan fingerprint density at radius 2 is 1.78 bits per heavy atom. The van der Waals surface area contributed by atoms with Crippen molar-refractivity contribution in [2.24, 2.45) is 0 Å². The predicted octanol–water partition coefficient (Wildman–Crippen LogP) is 2.79. The van der Waals surface area contributed by atoms with E-state index in [4.69, 9.17) is 21.1 Å². The highest BCUT2D eigenvalue weighted by Crippen LogP contribution is 2.16. The Kier molecular flexibility index (Phi) is 8.33. The first-order valence-electron chi connectivity index (χ1n) is 10.4. The van der Waals surface area contributed by atoms with E-state index in [1.807, 2.05) is 24.3 Å². The molecule has 0 unspecified atom stereocenters. The lowest BCUT2D eigenvalue weighted by atomic mass is 10.1. The molecule has 2 aromatic rings. The molecule has 1 fully saturated rings. The number of amides is 4. The van der Waals surface area contributed by atoms with Crippen LogP contribution in [0.2, 0.25) is 5.02 Å². The number of urea groups is 1. The monoisotopic (exact) mass is 459 g/mol. The summed E-state index contributed by atoms with van der Waals surface area (Å²) in [7, 11) is 1.60. The van der Waals surface area contributed by atoms with Crippen molar-refractivity contribution in [2.45, 2.75) is 25.3 Å². The van der Waals surface area contributed by atoms with E-state index >= 15 is 0 Å². The third-order valence-electron chi connectivity index (χ3n) is 5.06. The van der Waals surface area contributed by atoms with Crippen molar-refractivity contribution in [1.29, 1.82) is 0 Å². The van der Waals surface area contributed by atoms with Crippen molar-refractivity contribution in [3.8, 4) is 11.5 Å². The first-order chi connectivity index (χ1) is 15.5. The maximum atomic E-state index is 12.6. The van der Waals surface area contributed by atoms with Crippen LogP contribution in [0.5, 0.6) is 11.5 Å². The number of benzene rings is 2. The van der Waals surface area contributed by atoms with Gasteiger partial charge in [0, 0.05) is 18.0 Å². The molecule has 170 valence electrons. The predicted molar refractivity (Wildman–Crippen MR) is 120 cm³/mol. The fourth-order valence-corrected chi connectivity index (χ4v) is 3.40. The number of nitrogens with zero attached hydrogens (tertiary/aromatic N) is 1. The second-order valence-corrected chi connectivity index (χ2v) is 7.72. The highest BCUT2D eigenvalue weighted by Gasteiger charge is 2.37. The van der Waals surface area contributed by atoms with Gasteiger partial charge in [-0.25, -0.2) is 4.79 Å². The van der Waals surface area contributed by atoms with E-state index in [0.717, 1.165) is 11.3 Å². The van der Waals surface area contributed by atoms with Gasteiger partial charge in [0.25, 0.3) is 5.91 Å². The van der Waals surface area contributed by atoms with Crippen molar-refractivity contribution in [3.05, 3.63) is 59.1 Å². The zero-order chi connectivity index (χ0) is 22.9. The Hall–Kier alpha value is -3.26. The van der Waals surface area contributed by atoms with Gasteiger partial charge in [0.1, 0.15) is 24.1 Å². The van der Waals surface area contributed by atoms with Gasteiger partial charge in [-0.3, -0.25) is 14.5 Å². The molecule has 4 amide bonds. The van der Waals surface area contributed by atoms with Gasteiger partial charge in [-0.15, -0.1) is 0 Å². The van der Waals surface area contributed by atoms with Gasteiger partial charge < -0.3 is 20.1 Å². The number of carbonyl (C=O) groups is 3. The van der Waals surface area contributed by atoms with Gasteiger partial charge in [0.2, 0.25) is 5.91 Å². The van der Waals surface area contributed by atoms with Crippen LogP contribution in [0.4, 0.5) is 4.79 Å². The molecule has 1 saturated heterocycles. The van der Waals surface area contributed by atoms with Crippen molar-refractivity contribution in [1.82, 2.24) is 15.5 Å². The number of methoxy groups -OCH3 is 1. The van der Waals surface area contributed by atoms with E-state index in [2.05, 4.69) is 10.6 Å². The van der Waals surface area contributed by atoms with Crippen LogP contribution in [-0.2, 0) is 16.0 Å². The minimum atomic E-state index is -0.686. The smallest absolute Gasteiger partial charge is 0.324 e. The van der Waals surface area contributed by atoms with Crippen LogP contribution in [0.1, 0.15) is 18.4 Å². The lowest BCUT2D eigenvalue weighted by Crippen LogP contribution is -2.34. The molecule has 0 radical (unpaired) electrons. The van der Waals surface area contributed by atoms with Gasteiger partial charge >= 0.3 is 6.03 Å². The molecule has 2 aromatic carbocycles. The maximum Gasteiger partial charge on any atom is 0.324 e. The highest BCUT2D eigenvalue weighted by molar-refractivity contribution is 6.30. The molecular weight excluding hydrogens is 434 g/mol. The van der Waals surface area contributed by atoms with Gasteiger partial charge in [0.05, 0.1) is 13.7 Å². The minimum Gasteiger partial charge on any atom is -0.497 e. The summed E-state index contributed by atoms with van der Waals surface area (Å²) in [5, 5.41) is 6.03. The maximum absolute atomic E-state index is 12.6. The molecule has 1 heterocycles. The first-order valence-corrected chi connectivity index (χ1v) is 10.7. The van der Waals surface area contributed by atoms with Crippen molar-refractivity contribution in [3.63, 3.8) is 0 Å². The summed E-state index contributed by atoms with van der Waals surface area (Å²) in [6.45, 7) is 0.924. The summed E-state index contributed by atoms with van der Waals surface area (Å²) in [5.41, 5.74) is 0.995. The van der Waals surface area contributed by atoms with Crippen LogP contribution in [0.25, 0.3) is 0 Å². The largest absolute Gasteiger partial charge is 0.497 e. The molecule has 32 heavy (non-hydrogen) atoms. The topological polar surface area (TPSA) is 97.0 Å². The van der Waals surface area contributed by atoms with Gasteiger partial charge in [-0.2, -0.15) is 0 Å². The third-order valence-corrected chi connectivity index (χ3v) is 5.31. The van der Waals surface area contributed by atoms with Gasteiger partial charge in [0.15, 0.2) is 0 Å². The van der Waals surface area contributed by atoms with E-state index in [1.165, 1.54) is 4.90 Å². The van der Waals surface area contributed by atoms with Crippen LogP contribution in [0.15, 0.2) is 48.5 Å². The standard InChI is InChI=1S/C23H26ClN3O5/c1-31-18-6-2-16(3-7-18)12-14-27-22(29)20(26-23(27)30)10-11-21(28)25-13-15-32-19-8-4-17(24)5-9-19/h2-9,20H,10-15H2,1H3,(H,25,28)(H,26,30)/t20-/m0/s1. The van der Waals surface area contributed by atoms with E-state index in [0.29, 0.717) is 30.3 Å². The second kappa shape index (κ2) is 11.4. The molecule has 2 N–H and O–H groups in total.